The normalized spacial score (nSPS) is 10.7. The molecule has 0 aliphatic carbocycles. The van der Waals surface area contributed by atoms with E-state index in [4.69, 9.17) is 0 Å². The molecule has 0 unspecified atom stereocenters. The largest absolute Gasteiger partial charge is 0.340 e. The summed E-state index contributed by atoms with van der Waals surface area (Å²) in [6.07, 6.45) is 1.60. The summed E-state index contributed by atoms with van der Waals surface area (Å²) >= 11 is 0. The van der Waals surface area contributed by atoms with Crippen LogP contribution in [-0.2, 0) is 6.42 Å². The van der Waals surface area contributed by atoms with Crippen LogP contribution in [0, 0.1) is 12.7 Å². The number of nitrogens with zero attached hydrogens (tertiary/aromatic N) is 3. The molecule has 0 spiro atoms. The Hall–Kier alpha value is -3.28. The fraction of sp³-hybridized carbons (Fsp3) is 0.227. The maximum atomic E-state index is 14.1. The second kappa shape index (κ2) is 8.61. The number of aromatic nitrogens is 2. The Morgan fingerprint density at radius 2 is 1.79 bits per heavy atom. The van der Waals surface area contributed by atoms with Crippen LogP contribution in [0.15, 0.2) is 65.5 Å². The van der Waals surface area contributed by atoms with Gasteiger partial charge in [-0.2, -0.15) is 5.10 Å². The van der Waals surface area contributed by atoms with Crippen molar-refractivity contribution in [2.24, 2.45) is 0 Å². The molecule has 0 N–H and O–H groups in total. The second-order valence-corrected chi connectivity index (χ2v) is 6.68. The van der Waals surface area contributed by atoms with Gasteiger partial charge in [-0.3, -0.25) is 9.59 Å². The third-order valence-corrected chi connectivity index (χ3v) is 4.54. The van der Waals surface area contributed by atoms with E-state index >= 15 is 0 Å². The summed E-state index contributed by atoms with van der Waals surface area (Å²) in [7, 11) is 1.64. The van der Waals surface area contributed by atoms with E-state index in [9.17, 15) is 14.0 Å². The number of para-hydroxylation sites is 1. The molecule has 0 radical (unpaired) electrons. The summed E-state index contributed by atoms with van der Waals surface area (Å²) in [5.74, 6) is -0.945. The van der Waals surface area contributed by atoms with Gasteiger partial charge in [-0.15, -0.1) is 0 Å². The number of halogens is 1. The summed E-state index contributed by atoms with van der Waals surface area (Å²) < 4.78 is 15.4. The molecule has 6 heteroatoms. The fourth-order valence-corrected chi connectivity index (χ4v) is 3.01. The third-order valence-electron chi connectivity index (χ3n) is 4.54. The van der Waals surface area contributed by atoms with Crippen molar-refractivity contribution in [3.8, 4) is 5.69 Å². The van der Waals surface area contributed by atoms with Crippen LogP contribution in [0.3, 0.4) is 0 Å². The van der Waals surface area contributed by atoms with E-state index in [1.54, 1.807) is 32.2 Å². The smallest absolute Gasteiger partial charge is 0.278 e. The average molecular weight is 379 g/mol. The molecule has 0 saturated heterocycles. The highest BCUT2D eigenvalue weighted by Gasteiger charge is 2.19. The lowest BCUT2D eigenvalue weighted by Gasteiger charge is -2.18. The summed E-state index contributed by atoms with van der Waals surface area (Å²) in [6.45, 7) is 2.14. The van der Waals surface area contributed by atoms with Crippen LogP contribution in [0.5, 0.6) is 0 Å². The van der Waals surface area contributed by atoms with Gasteiger partial charge in [-0.1, -0.05) is 42.5 Å². The molecule has 144 valence electrons. The number of hydrogen-bond donors (Lipinski definition) is 0. The van der Waals surface area contributed by atoms with E-state index in [0.29, 0.717) is 12.2 Å². The number of rotatable bonds is 6. The van der Waals surface area contributed by atoms with Gasteiger partial charge in [-0.25, -0.2) is 9.07 Å². The van der Waals surface area contributed by atoms with Gasteiger partial charge in [0, 0.05) is 25.4 Å². The second-order valence-electron chi connectivity index (χ2n) is 6.68. The van der Waals surface area contributed by atoms with Crippen LogP contribution in [0.4, 0.5) is 4.39 Å². The zero-order chi connectivity index (χ0) is 20.1. The first-order valence-electron chi connectivity index (χ1n) is 9.12. The van der Waals surface area contributed by atoms with Crippen molar-refractivity contribution in [1.29, 1.82) is 0 Å². The van der Waals surface area contributed by atoms with E-state index in [-0.39, 0.29) is 11.4 Å². The van der Waals surface area contributed by atoms with Gasteiger partial charge in [0.25, 0.3) is 5.91 Å². The van der Waals surface area contributed by atoms with E-state index < -0.39 is 17.2 Å². The first-order valence-corrected chi connectivity index (χ1v) is 9.12. The van der Waals surface area contributed by atoms with Crippen LogP contribution in [0.1, 0.15) is 28.2 Å². The van der Waals surface area contributed by atoms with E-state index in [0.717, 1.165) is 12.8 Å². The van der Waals surface area contributed by atoms with Crippen molar-refractivity contribution in [2.75, 3.05) is 13.6 Å². The Morgan fingerprint density at radius 1 is 1.11 bits per heavy atom. The van der Waals surface area contributed by atoms with Crippen LogP contribution in [0.2, 0.25) is 0 Å². The minimum atomic E-state index is -0.476. The molecule has 2 aromatic carbocycles. The summed E-state index contributed by atoms with van der Waals surface area (Å²) in [5.41, 5.74) is 1.17. The SMILES string of the molecule is Cc1cc(=O)c(C(=O)N(C)CCCc2ccccc2)nn1-c1ccccc1F. The first-order chi connectivity index (χ1) is 13.5. The van der Waals surface area contributed by atoms with Gasteiger partial charge in [0.15, 0.2) is 5.69 Å². The van der Waals surface area contributed by atoms with Crippen molar-refractivity contribution >= 4 is 5.91 Å². The van der Waals surface area contributed by atoms with Gasteiger partial charge >= 0.3 is 0 Å². The van der Waals surface area contributed by atoms with Gasteiger partial charge in [0.1, 0.15) is 11.5 Å². The molecule has 5 nitrogen and oxygen atoms in total. The molecule has 0 saturated carbocycles. The van der Waals surface area contributed by atoms with E-state index in [2.05, 4.69) is 5.10 Å². The first kappa shape index (κ1) is 19.5. The lowest BCUT2D eigenvalue weighted by atomic mass is 10.1. The van der Waals surface area contributed by atoms with Gasteiger partial charge in [0.2, 0.25) is 5.43 Å². The summed E-state index contributed by atoms with van der Waals surface area (Å²) in [6, 6.07) is 17.4. The molecular weight excluding hydrogens is 357 g/mol. The van der Waals surface area contributed by atoms with Crippen LogP contribution < -0.4 is 5.43 Å². The quantitative estimate of drug-likeness (QED) is 0.660. The highest BCUT2D eigenvalue weighted by atomic mass is 19.1. The third kappa shape index (κ3) is 4.34. The molecule has 0 aliphatic rings. The van der Waals surface area contributed by atoms with E-state index in [1.165, 1.54) is 27.3 Å². The minimum Gasteiger partial charge on any atom is -0.340 e. The van der Waals surface area contributed by atoms with Gasteiger partial charge in [-0.05, 0) is 37.5 Å². The molecule has 1 heterocycles. The molecule has 3 aromatic rings. The molecule has 0 atom stereocenters. The maximum absolute atomic E-state index is 14.1. The highest BCUT2D eigenvalue weighted by molar-refractivity contribution is 5.91. The number of carbonyl (C=O) groups is 1. The molecule has 0 aliphatic heterocycles. The lowest BCUT2D eigenvalue weighted by molar-refractivity contribution is 0.0784. The Morgan fingerprint density at radius 3 is 2.50 bits per heavy atom. The number of carbonyl (C=O) groups excluding carboxylic acids is 1. The number of amides is 1. The number of benzene rings is 2. The highest BCUT2D eigenvalue weighted by Crippen LogP contribution is 2.13. The fourth-order valence-electron chi connectivity index (χ4n) is 3.01. The molecule has 1 amide bonds. The Labute approximate surface area is 163 Å². The zero-order valence-electron chi connectivity index (χ0n) is 15.9. The van der Waals surface area contributed by atoms with Crippen LogP contribution >= 0.6 is 0 Å². The summed E-state index contributed by atoms with van der Waals surface area (Å²) in [4.78, 5) is 26.6. The summed E-state index contributed by atoms with van der Waals surface area (Å²) in [5, 5.41) is 4.16. The Balaban J connectivity index is 1.78. The van der Waals surface area contributed by atoms with Crippen molar-refractivity contribution in [3.63, 3.8) is 0 Å². The van der Waals surface area contributed by atoms with Gasteiger partial charge < -0.3 is 4.90 Å². The number of aryl methyl sites for hydroxylation is 2. The van der Waals surface area contributed by atoms with Gasteiger partial charge in [0.05, 0.1) is 0 Å². The maximum Gasteiger partial charge on any atom is 0.278 e. The molecule has 0 bridgehead atoms. The van der Waals surface area contributed by atoms with Crippen molar-refractivity contribution in [3.05, 3.63) is 93.7 Å². The minimum absolute atomic E-state index is 0.195. The van der Waals surface area contributed by atoms with E-state index in [1.807, 2.05) is 30.3 Å². The van der Waals surface area contributed by atoms with Crippen LogP contribution in [-0.4, -0.2) is 34.2 Å². The van der Waals surface area contributed by atoms with Crippen LogP contribution in [0.25, 0.3) is 5.69 Å². The van der Waals surface area contributed by atoms with Crippen molar-refractivity contribution in [1.82, 2.24) is 14.7 Å². The standard InChI is InChI=1S/C22H22FN3O2/c1-16-15-20(27)21(24-26(16)19-13-7-6-12-18(19)23)22(28)25(2)14-8-11-17-9-4-3-5-10-17/h3-7,9-10,12-13,15H,8,11,14H2,1-2H3. The molecule has 0 fully saturated rings. The molecule has 3 rings (SSSR count). The zero-order valence-corrected chi connectivity index (χ0v) is 15.9. The monoisotopic (exact) mass is 379 g/mol. The predicted octanol–water partition coefficient (Wildman–Crippen LogP) is 3.38. The average Bonchev–Trinajstić information content (AvgIpc) is 2.69. The molecule has 1 aromatic heterocycles. The molecular formula is C22H22FN3O2. The lowest BCUT2D eigenvalue weighted by Crippen LogP contribution is -2.34. The molecule has 28 heavy (non-hydrogen) atoms. The van der Waals surface area contributed by atoms with Crippen molar-refractivity contribution < 1.29 is 9.18 Å². The Bertz CT molecular complexity index is 1030. The topological polar surface area (TPSA) is 55.2 Å². The Kier molecular flexibility index (Phi) is 5.99. The number of hydrogen-bond acceptors (Lipinski definition) is 3. The van der Waals surface area contributed by atoms with Crippen molar-refractivity contribution in [2.45, 2.75) is 19.8 Å². The predicted molar refractivity (Wildman–Crippen MR) is 106 cm³/mol.